The van der Waals surface area contributed by atoms with Gasteiger partial charge in [0.15, 0.2) is 0 Å². The summed E-state index contributed by atoms with van der Waals surface area (Å²) >= 11 is 0. The lowest BCUT2D eigenvalue weighted by Gasteiger charge is -2.25. The highest BCUT2D eigenvalue weighted by Gasteiger charge is 2.19. The Labute approximate surface area is 92.5 Å². The molecule has 0 saturated heterocycles. The van der Waals surface area contributed by atoms with Crippen LogP contribution in [0.2, 0.25) is 0 Å². The molecule has 16 heavy (non-hydrogen) atoms. The number of aromatic carboxylic acids is 1. The maximum Gasteiger partial charge on any atom is 0.0715 e. The van der Waals surface area contributed by atoms with Crippen LogP contribution in [0.4, 0.5) is 0 Å². The smallest absolute Gasteiger partial charge is 0.0715 e. The lowest BCUT2D eigenvalue weighted by molar-refractivity contribution is -0.311. The predicted molar refractivity (Wildman–Crippen MR) is 51.3 cm³/mol. The molecule has 84 valence electrons. The first-order valence-electron chi connectivity index (χ1n) is 5.12. The quantitative estimate of drug-likeness (QED) is 0.631. The van der Waals surface area contributed by atoms with Gasteiger partial charge in [-0.2, -0.15) is 0 Å². The fourth-order valence-electron chi connectivity index (χ4n) is 2.08. The zero-order chi connectivity index (χ0) is 11.7. The Morgan fingerprint density at radius 3 is 2.56 bits per heavy atom. The third kappa shape index (κ3) is 1.91. The summed E-state index contributed by atoms with van der Waals surface area (Å²) in [5, 5.41) is 21.4. The van der Waals surface area contributed by atoms with Crippen molar-refractivity contribution < 1.29 is 19.8 Å². The van der Waals surface area contributed by atoms with Gasteiger partial charge in [0, 0.05) is 11.9 Å². The summed E-state index contributed by atoms with van der Waals surface area (Å²) in [6, 6.07) is 4.68. The van der Waals surface area contributed by atoms with Crippen molar-refractivity contribution in [3.8, 4) is 0 Å². The monoisotopic (exact) mass is 218 g/mol. The SMILES string of the molecule is O=C([O-])c1ccc2c(c1)CCC(C(=O)[O-])C2. The number of carbonyl (C=O) groups is 2. The van der Waals surface area contributed by atoms with Crippen molar-refractivity contribution in [1.82, 2.24) is 0 Å². The maximum absolute atomic E-state index is 10.7. The zero-order valence-electron chi connectivity index (χ0n) is 8.56. The molecule has 0 saturated carbocycles. The van der Waals surface area contributed by atoms with Crippen LogP contribution in [-0.4, -0.2) is 11.9 Å². The third-order valence-corrected chi connectivity index (χ3v) is 3.00. The van der Waals surface area contributed by atoms with E-state index in [-0.39, 0.29) is 5.56 Å². The molecule has 1 unspecified atom stereocenters. The summed E-state index contributed by atoms with van der Waals surface area (Å²) in [6.07, 6.45) is 1.51. The topological polar surface area (TPSA) is 80.3 Å². The molecular formula is C12H10O4-2. The van der Waals surface area contributed by atoms with Crippen LogP contribution < -0.4 is 10.2 Å². The van der Waals surface area contributed by atoms with E-state index in [1.165, 1.54) is 6.07 Å². The molecule has 0 amide bonds. The Bertz CT molecular complexity index is 450. The van der Waals surface area contributed by atoms with E-state index in [9.17, 15) is 19.8 Å². The van der Waals surface area contributed by atoms with E-state index >= 15 is 0 Å². The van der Waals surface area contributed by atoms with Crippen LogP contribution in [0.1, 0.15) is 27.9 Å². The highest BCUT2D eigenvalue weighted by molar-refractivity contribution is 5.86. The van der Waals surface area contributed by atoms with Crippen LogP contribution >= 0.6 is 0 Å². The van der Waals surface area contributed by atoms with E-state index < -0.39 is 17.9 Å². The van der Waals surface area contributed by atoms with E-state index in [0.29, 0.717) is 19.3 Å². The Kier molecular flexibility index (Phi) is 2.64. The molecule has 0 fully saturated rings. The zero-order valence-corrected chi connectivity index (χ0v) is 8.56. The van der Waals surface area contributed by atoms with Gasteiger partial charge in [-0.1, -0.05) is 12.1 Å². The van der Waals surface area contributed by atoms with E-state index in [2.05, 4.69) is 0 Å². The van der Waals surface area contributed by atoms with Crippen molar-refractivity contribution in [1.29, 1.82) is 0 Å². The minimum absolute atomic E-state index is 0.144. The Morgan fingerprint density at radius 1 is 1.19 bits per heavy atom. The average Bonchev–Trinajstić information content (AvgIpc) is 2.27. The van der Waals surface area contributed by atoms with Gasteiger partial charge in [0.2, 0.25) is 0 Å². The molecule has 1 aromatic rings. The van der Waals surface area contributed by atoms with Gasteiger partial charge in [0.1, 0.15) is 0 Å². The number of benzene rings is 1. The molecule has 1 aromatic carbocycles. The van der Waals surface area contributed by atoms with Gasteiger partial charge in [-0.05, 0) is 42.0 Å². The molecule has 0 spiro atoms. The first-order valence-corrected chi connectivity index (χ1v) is 5.12. The molecule has 2 rings (SSSR count). The molecular weight excluding hydrogens is 208 g/mol. The van der Waals surface area contributed by atoms with Crippen molar-refractivity contribution in [2.24, 2.45) is 5.92 Å². The first kappa shape index (κ1) is 10.7. The average molecular weight is 218 g/mol. The molecule has 0 N–H and O–H groups in total. The summed E-state index contributed by atoms with van der Waals surface area (Å²) in [5.74, 6) is -2.69. The standard InChI is InChI=1S/C12H12O4/c13-11(14)9-3-1-7-5-10(12(15)16)4-2-8(7)6-9/h1,3,6,10H,2,4-5H2,(H,13,14)(H,15,16)/p-2. The number of rotatable bonds is 2. The van der Waals surface area contributed by atoms with Crippen molar-refractivity contribution in [2.45, 2.75) is 19.3 Å². The van der Waals surface area contributed by atoms with Crippen LogP contribution in [0.5, 0.6) is 0 Å². The fraction of sp³-hybridized carbons (Fsp3) is 0.333. The molecule has 1 aliphatic rings. The van der Waals surface area contributed by atoms with Gasteiger partial charge in [-0.15, -0.1) is 0 Å². The van der Waals surface area contributed by atoms with Crippen molar-refractivity contribution >= 4 is 11.9 Å². The minimum Gasteiger partial charge on any atom is -0.550 e. The van der Waals surface area contributed by atoms with Crippen LogP contribution in [0, 0.1) is 5.92 Å². The Hall–Kier alpha value is -1.84. The molecule has 1 aliphatic carbocycles. The summed E-state index contributed by atoms with van der Waals surface area (Å²) < 4.78 is 0. The summed E-state index contributed by atoms with van der Waals surface area (Å²) in [7, 11) is 0. The number of aryl methyl sites for hydroxylation is 1. The van der Waals surface area contributed by atoms with Crippen LogP contribution in [-0.2, 0) is 17.6 Å². The third-order valence-electron chi connectivity index (χ3n) is 3.00. The molecule has 0 radical (unpaired) electrons. The summed E-state index contributed by atoms with van der Waals surface area (Å²) in [4.78, 5) is 21.4. The van der Waals surface area contributed by atoms with Crippen LogP contribution in [0.3, 0.4) is 0 Å². The highest BCUT2D eigenvalue weighted by atomic mass is 16.4. The lowest BCUT2D eigenvalue weighted by atomic mass is 9.83. The fourth-order valence-corrected chi connectivity index (χ4v) is 2.08. The highest BCUT2D eigenvalue weighted by Crippen LogP contribution is 2.26. The Balaban J connectivity index is 2.29. The van der Waals surface area contributed by atoms with Crippen LogP contribution in [0.15, 0.2) is 18.2 Å². The van der Waals surface area contributed by atoms with Crippen molar-refractivity contribution in [3.05, 3.63) is 34.9 Å². The van der Waals surface area contributed by atoms with Crippen molar-refractivity contribution in [2.75, 3.05) is 0 Å². The van der Waals surface area contributed by atoms with Gasteiger partial charge in [-0.25, -0.2) is 0 Å². The van der Waals surface area contributed by atoms with Gasteiger partial charge in [0.05, 0.1) is 5.97 Å². The second-order valence-corrected chi connectivity index (χ2v) is 4.03. The largest absolute Gasteiger partial charge is 0.550 e. The van der Waals surface area contributed by atoms with Gasteiger partial charge < -0.3 is 19.8 Å². The molecule has 1 atom stereocenters. The molecule has 0 heterocycles. The number of hydrogen-bond donors (Lipinski definition) is 0. The van der Waals surface area contributed by atoms with Gasteiger partial charge in [0.25, 0.3) is 0 Å². The molecule has 0 bridgehead atoms. The predicted octanol–water partition coefficient (Wildman–Crippen LogP) is -1.10. The normalized spacial score (nSPS) is 18.9. The van der Waals surface area contributed by atoms with Crippen LogP contribution in [0.25, 0.3) is 0 Å². The van der Waals surface area contributed by atoms with E-state index in [1.54, 1.807) is 12.1 Å². The first-order chi connectivity index (χ1) is 7.58. The Morgan fingerprint density at radius 2 is 1.94 bits per heavy atom. The van der Waals surface area contributed by atoms with Crippen molar-refractivity contribution in [3.63, 3.8) is 0 Å². The van der Waals surface area contributed by atoms with E-state index in [1.807, 2.05) is 0 Å². The summed E-state index contributed by atoms with van der Waals surface area (Å²) in [6.45, 7) is 0. The number of aliphatic carboxylic acids is 1. The van der Waals surface area contributed by atoms with Gasteiger partial charge in [-0.3, -0.25) is 0 Å². The molecule has 0 aromatic heterocycles. The van der Waals surface area contributed by atoms with E-state index in [4.69, 9.17) is 0 Å². The molecule has 4 nitrogen and oxygen atoms in total. The molecule has 0 aliphatic heterocycles. The lowest BCUT2D eigenvalue weighted by Crippen LogP contribution is -2.35. The maximum atomic E-state index is 10.7. The number of fused-ring (bicyclic) bond motifs is 1. The molecule has 4 heteroatoms. The number of carboxylic acids is 2. The minimum atomic E-state index is -1.20. The number of hydrogen-bond acceptors (Lipinski definition) is 4. The van der Waals surface area contributed by atoms with Gasteiger partial charge >= 0.3 is 0 Å². The van der Waals surface area contributed by atoms with E-state index in [0.717, 1.165) is 11.1 Å². The second kappa shape index (κ2) is 3.96. The summed E-state index contributed by atoms with van der Waals surface area (Å²) in [5.41, 5.74) is 1.94. The second-order valence-electron chi connectivity index (χ2n) is 4.03. The number of carboxylic acid groups (broad SMARTS) is 2. The number of carbonyl (C=O) groups excluding carboxylic acids is 2.